The monoisotopic (exact) mass is 190 g/mol. The molecule has 3 aliphatic heterocycles. The maximum atomic E-state index is 11.3. The Morgan fingerprint density at radius 3 is 2.92 bits per heavy atom. The topological polar surface area (TPSA) is 52.6 Å². The largest absolute Gasteiger partial charge is 0.371 e. The van der Waals surface area contributed by atoms with Crippen LogP contribution in [0.2, 0.25) is 0 Å². The van der Waals surface area contributed by atoms with Gasteiger partial charge in [-0.15, -0.1) is 0 Å². The number of hydrogen-bond donors (Lipinski definition) is 0. The van der Waals surface area contributed by atoms with Crippen LogP contribution in [0, 0.1) is 0 Å². The van der Waals surface area contributed by atoms with Crippen LogP contribution in [0.5, 0.6) is 0 Å². The van der Waals surface area contributed by atoms with Gasteiger partial charge in [0.25, 0.3) is 10.1 Å². The first kappa shape index (κ1) is 7.29. The summed E-state index contributed by atoms with van der Waals surface area (Å²) in [7, 11) is -3.28. The summed E-state index contributed by atoms with van der Waals surface area (Å²) in [6.07, 6.45) is 2.27. The lowest BCUT2D eigenvalue weighted by molar-refractivity contribution is -0.0492. The molecule has 4 nitrogen and oxygen atoms in total. The Morgan fingerprint density at radius 2 is 2.08 bits per heavy atom. The van der Waals surface area contributed by atoms with E-state index in [-0.39, 0.29) is 23.6 Å². The van der Waals surface area contributed by atoms with Gasteiger partial charge in [-0.3, -0.25) is 4.18 Å². The normalized spacial score (nSPS) is 54.3. The fourth-order valence-electron chi connectivity index (χ4n) is 2.41. The summed E-state index contributed by atoms with van der Waals surface area (Å²) in [6, 6.07) is 0. The Bertz CT molecular complexity index is 309. The van der Waals surface area contributed by atoms with Gasteiger partial charge >= 0.3 is 0 Å². The van der Waals surface area contributed by atoms with Crippen LogP contribution in [0.1, 0.15) is 19.3 Å². The Hall–Kier alpha value is -0.130. The van der Waals surface area contributed by atoms with Crippen molar-refractivity contribution < 1.29 is 17.3 Å². The zero-order valence-electron chi connectivity index (χ0n) is 6.47. The molecule has 0 N–H and O–H groups in total. The van der Waals surface area contributed by atoms with E-state index in [1.54, 1.807) is 0 Å². The van der Waals surface area contributed by atoms with Crippen LogP contribution < -0.4 is 0 Å². The number of rotatable bonds is 0. The SMILES string of the molecule is O=S1(=O)OC2CCC3CC1C2O3. The molecule has 0 aromatic heterocycles. The van der Waals surface area contributed by atoms with Crippen LogP contribution in [0.25, 0.3) is 0 Å². The highest BCUT2D eigenvalue weighted by Crippen LogP contribution is 2.43. The van der Waals surface area contributed by atoms with Gasteiger partial charge in [-0.25, -0.2) is 0 Å². The van der Waals surface area contributed by atoms with Crippen LogP contribution in [-0.2, 0) is 19.0 Å². The number of ether oxygens (including phenoxy) is 1. The first-order valence-corrected chi connectivity index (χ1v) is 5.71. The molecule has 0 aromatic rings. The van der Waals surface area contributed by atoms with Crippen molar-refractivity contribution >= 4 is 10.1 Å². The summed E-state index contributed by atoms with van der Waals surface area (Å²) in [6.45, 7) is 0. The minimum atomic E-state index is -3.28. The molecule has 2 bridgehead atoms. The molecule has 3 fully saturated rings. The molecule has 3 rings (SSSR count). The Balaban J connectivity index is 2.07. The molecule has 0 aromatic carbocycles. The predicted molar refractivity (Wildman–Crippen MR) is 40.1 cm³/mol. The second-order valence-corrected chi connectivity index (χ2v) is 5.49. The summed E-state index contributed by atoms with van der Waals surface area (Å²) < 4.78 is 33.1. The van der Waals surface area contributed by atoms with Crippen LogP contribution in [0.4, 0.5) is 0 Å². The van der Waals surface area contributed by atoms with Gasteiger partial charge in [-0.2, -0.15) is 8.42 Å². The lowest BCUT2D eigenvalue weighted by Gasteiger charge is -2.23. The van der Waals surface area contributed by atoms with Crippen molar-refractivity contribution in [1.82, 2.24) is 0 Å². The van der Waals surface area contributed by atoms with Crippen molar-refractivity contribution in [3.8, 4) is 0 Å². The molecule has 4 atom stereocenters. The van der Waals surface area contributed by atoms with E-state index in [0.29, 0.717) is 6.42 Å². The molecule has 3 saturated heterocycles. The maximum absolute atomic E-state index is 11.3. The molecule has 4 unspecified atom stereocenters. The summed E-state index contributed by atoms with van der Waals surface area (Å²) in [5, 5.41) is -0.366. The molecule has 0 amide bonds. The van der Waals surface area contributed by atoms with Crippen LogP contribution in [-0.4, -0.2) is 32.0 Å². The second kappa shape index (κ2) is 2.02. The van der Waals surface area contributed by atoms with Crippen molar-refractivity contribution in [2.45, 2.75) is 42.8 Å². The quantitative estimate of drug-likeness (QED) is 0.506. The van der Waals surface area contributed by atoms with E-state index in [1.807, 2.05) is 0 Å². The van der Waals surface area contributed by atoms with E-state index in [0.717, 1.165) is 12.8 Å². The molecular formula is C7H10O4S. The summed E-state index contributed by atoms with van der Waals surface area (Å²) >= 11 is 0. The molecule has 0 aliphatic carbocycles. The number of fused-ring (bicyclic) bond motifs is 1. The average Bonchev–Trinajstić information content (AvgIpc) is 2.44. The third kappa shape index (κ3) is 0.765. The summed E-state index contributed by atoms with van der Waals surface area (Å²) in [4.78, 5) is 0. The van der Waals surface area contributed by atoms with Gasteiger partial charge in [-0.1, -0.05) is 0 Å². The highest BCUT2D eigenvalue weighted by molar-refractivity contribution is 7.87. The molecule has 68 valence electrons. The third-order valence-electron chi connectivity index (χ3n) is 2.98. The van der Waals surface area contributed by atoms with Gasteiger partial charge in [-0.05, 0) is 19.3 Å². The van der Waals surface area contributed by atoms with Crippen molar-refractivity contribution in [2.24, 2.45) is 0 Å². The first-order valence-electron chi connectivity index (χ1n) is 4.24. The Kier molecular flexibility index (Phi) is 1.23. The van der Waals surface area contributed by atoms with E-state index in [1.165, 1.54) is 0 Å². The van der Waals surface area contributed by atoms with Crippen LogP contribution >= 0.6 is 0 Å². The van der Waals surface area contributed by atoms with E-state index < -0.39 is 10.1 Å². The molecule has 0 radical (unpaired) electrons. The lowest BCUT2D eigenvalue weighted by atomic mass is 10.1. The predicted octanol–water partition coefficient (Wildman–Crippen LogP) is 0.0349. The third-order valence-corrected chi connectivity index (χ3v) is 4.70. The Labute approximate surface area is 71.0 Å². The summed E-state index contributed by atoms with van der Waals surface area (Å²) in [5.41, 5.74) is 0. The minimum absolute atomic E-state index is 0.159. The molecule has 5 heteroatoms. The van der Waals surface area contributed by atoms with Gasteiger partial charge in [0.2, 0.25) is 0 Å². The van der Waals surface area contributed by atoms with E-state index in [9.17, 15) is 8.42 Å². The molecule has 12 heavy (non-hydrogen) atoms. The van der Waals surface area contributed by atoms with E-state index in [2.05, 4.69) is 0 Å². The molecule has 0 spiro atoms. The van der Waals surface area contributed by atoms with Crippen molar-refractivity contribution in [3.05, 3.63) is 0 Å². The van der Waals surface area contributed by atoms with Gasteiger partial charge in [0, 0.05) is 0 Å². The fourth-order valence-corrected chi connectivity index (χ4v) is 4.13. The highest BCUT2D eigenvalue weighted by atomic mass is 32.2. The van der Waals surface area contributed by atoms with Crippen molar-refractivity contribution in [1.29, 1.82) is 0 Å². The smallest absolute Gasteiger partial charge is 0.273 e. The standard InChI is InChI=1S/C7H10O4S/c8-12(9)6-3-4-1-2-5(11-12)7(6)10-4/h4-7H,1-3H2. The van der Waals surface area contributed by atoms with Gasteiger partial charge in [0.15, 0.2) is 0 Å². The van der Waals surface area contributed by atoms with E-state index in [4.69, 9.17) is 8.92 Å². The highest BCUT2D eigenvalue weighted by Gasteiger charge is 2.57. The molecule has 0 saturated carbocycles. The zero-order valence-corrected chi connectivity index (χ0v) is 7.29. The summed E-state index contributed by atoms with van der Waals surface area (Å²) in [5.74, 6) is 0. The molecule has 3 heterocycles. The van der Waals surface area contributed by atoms with Crippen molar-refractivity contribution in [2.75, 3.05) is 0 Å². The second-order valence-electron chi connectivity index (χ2n) is 3.70. The van der Waals surface area contributed by atoms with Gasteiger partial charge in [0.1, 0.15) is 17.5 Å². The molecular weight excluding hydrogens is 180 g/mol. The lowest BCUT2D eigenvalue weighted by Crippen LogP contribution is -2.31. The Morgan fingerprint density at radius 1 is 1.25 bits per heavy atom. The minimum Gasteiger partial charge on any atom is -0.371 e. The van der Waals surface area contributed by atoms with E-state index >= 15 is 0 Å². The number of hydrogen-bond acceptors (Lipinski definition) is 4. The van der Waals surface area contributed by atoms with Gasteiger partial charge < -0.3 is 4.74 Å². The zero-order chi connectivity index (χ0) is 8.34. The first-order chi connectivity index (χ1) is 5.67. The average molecular weight is 190 g/mol. The van der Waals surface area contributed by atoms with Crippen molar-refractivity contribution in [3.63, 3.8) is 0 Å². The van der Waals surface area contributed by atoms with Gasteiger partial charge in [0.05, 0.1) is 6.10 Å². The fraction of sp³-hybridized carbons (Fsp3) is 1.00. The van der Waals surface area contributed by atoms with Crippen LogP contribution in [0.3, 0.4) is 0 Å². The van der Waals surface area contributed by atoms with Crippen LogP contribution in [0.15, 0.2) is 0 Å². The molecule has 3 aliphatic rings. The maximum Gasteiger partial charge on any atom is 0.273 e.